The average molecular weight is 1890 g/mol. The molecule has 0 saturated heterocycles. The van der Waals surface area contributed by atoms with Gasteiger partial charge >= 0.3 is 0 Å². The maximum Gasteiger partial charge on any atom is 0.244 e. The molecule has 2 aliphatic heterocycles. The van der Waals surface area contributed by atoms with E-state index in [4.69, 9.17) is 138 Å². The van der Waals surface area contributed by atoms with Gasteiger partial charge in [-0.2, -0.15) is 0 Å². The molecule has 8 atom stereocenters. The molecule has 2 aliphatic carbocycles. The average Bonchev–Trinajstić information content (AvgIpc) is 0.844. The van der Waals surface area contributed by atoms with E-state index in [0.29, 0.717) is 71.9 Å². The number of nitrogens with two attached hydrogens (primary N) is 4. The molecule has 2 heterocycles. The summed E-state index contributed by atoms with van der Waals surface area (Å²) in [4.78, 5) is 208. The van der Waals surface area contributed by atoms with E-state index in [9.17, 15) is 76.7 Å². The molecule has 12 amide bonds. The van der Waals surface area contributed by atoms with Gasteiger partial charge in [0.2, 0.25) is 70.9 Å². The Kier molecular flexibility index (Phi) is 59.3. The van der Waals surface area contributed by atoms with E-state index in [1.165, 1.54) is 0 Å². The molecule has 4 aromatic carbocycles. The summed E-state index contributed by atoms with van der Waals surface area (Å²) in [7, 11) is 51.6. The molecule has 16 N–H and O–H groups in total. The number of hydrogen-bond acceptors (Lipinski definition) is 16. The monoisotopic (exact) mass is 1890 g/mol. The molecule has 4 aromatic rings. The van der Waals surface area contributed by atoms with Gasteiger partial charge in [-0.05, 0) is 147 Å². The molecule has 4 aliphatic rings. The number of primary amides is 4. The van der Waals surface area contributed by atoms with Gasteiger partial charge < -0.3 is 65.5 Å². The third kappa shape index (κ3) is 51.7. The lowest BCUT2D eigenvalue weighted by Crippen LogP contribution is -2.55. The third-order valence-electron chi connectivity index (χ3n) is 22.4. The third-order valence-corrected chi connectivity index (χ3v) is 22.4. The predicted molar refractivity (Wildman–Crippen MR) is 577 cm³/mol. The van der Waals surface area contributed by atoms with E-state index in [-0.39, 0.29) is 118 Å². The van der Waals surface area contributed by atoms with Crippen molar-refractivity contribution in [2.75, 3.05) is 13.1 Å². The van der Waals surface area contributed by atoms with Crippen LogP contribution in [0.15, 0.2) is 133 Å². The quantitative estimate of drug-likeness (QED) is 0.0267. The highest BCUT2D eigenvalue weighted by Gasteiger charge is 2.36. The molecule has 8 unspecified atom stereocenters. The fraction of sp³-hybridized carbons (Fsp3) is 0.417. The summed E-state index contributed by atoms with van der Waals surface area (Å²) in [6.07, 6.45) is 30.1. The second kappa shape index (κ2) is 70.7. The Bertz CT molecular complexity index is 4790. The zero-order chi connectivity index (χ0) is 111. The van der Waals surface area contributed by atoms with Gasteiger partial charge in [0.05, 0.1) is 0 Å². The van der Waals surface area contributed by atoms with Gasteiger partial charge in [0.25, 0.3) is 0 Å². The first-order chi connectivity index (χ1) is 69.7. The second-order valence-corrected chi connectivity index (χ2v) is 33.4. The van der Waals surface area contributed by atoms with Crippen LogP contribution in [0, 0.1) is 96.7 Å². The highest BCUT2D eigenvalue weighted by atomic mass is 16.2. The number of carbonyl (C=O) groups excluding carboxylic acids is 16. The van der Waals surface area contributed by atoms with E-state index in [0.717, 1.165) is 88.5 Å². The van der Waals surface area contributed by atoms with Crippen molar-refractivity contribution >= 4 is 210 Å². The first-order valence-electron chi connectivity index (χ1n) is 49.4. The van der Waals surface area contributed by atoms with Crippen LogP contribution in [0.3, 0.4) is 0 Å². The first-order valence-corrected chi connectivity index (χ1v) is 45.4. The summed E-state index contributed by atoms with van der Waals surface area (Å²) in [5.74, 6) is 6.07. The standard InChI is InChI=1S/2C41H52N6O8.2C6H2.2CH4.2B8.6H2/c2*42-35(49)20-18-30-25-31(48)19-21-36(50)45-32(38(43)52)13-7-8-22-44-40(54)33(47-41(55)34(46-39(30)53)23-26-9-3-1-4-10-26)24-27-14-16-29(17-15-27)37(51)28-11-5-2-6-12-28;2*1-3-5-6-4-2;;;2*1-6(2)8(5)7(3)4;;;;;;/h2*2,5-6,11-12,14-17,19,21,26,30,32-34H,1,3-4,7-10,13,18,20,22-25H2,(H2,42,49)(H2,43,52)(H,44,54)(H,45,50)(H,46,53)(H,47,55);2*1-2H;2*1H4;;;6*1H/i;;;;;;;;4*1+1D;2*1+1. The van der Waals surface area contributed by atoms with Crippen LogP contribution < -0.4 is 65.5 Å². The summed E-state index contributed by atoms with van der Waals surface area (Å²) >= 11 is 0. The van der Waals surface area contributed by atoms with E-state index >= 15 is 0 Å². The number of terminal acetylenes is 4. The minimum absolute atomic E-state index is 0. The van der Waals surface area contributed by atoms with Crippen molar-refractivity contribution in [3.05, 3.63) is 167 Å². The SMILES string of the molecule is C.C.C#CC#CC#C.C#CC#CC#C.NC(=O)CCC1CC(=O)C=CC(=O)NC(C(N)=O)CCCCNC(=O)C(Cc2ccc(C(=O)c3ccccc3)cc2)NC(=O)C(CC2CCCCC2)NC1=O.NC(=O)CCC1CC(=O)C=CC(=O)NC(C(N)=O)CCCCNC(=O)C(Cc2ccc(C(=O)c3ccccc3)cc2)NC(=O)C(CC2CCCCC2)NC1=O.[2HH].[2HH].[2H][2H].[2H][2H].[2H][2H].[2H][2H].[B]B([B])B([B])B([B])[B].[B]B([B])B([B])B([B])[B]. The molecule has 0 bridgehead atoms. The number of rotatable bonds is 24. The van der Waals surface area contributed by atoms with Crippen LogP contribution in [0.5, 0.6) is 0 Å². The molecule has 2 saturated carbocycles. The maximum atomic E-state index is 14.1. The zero-order valence-corrected chi connectivity index (χ0v) is 77.7. The summed E-state index contributed by atoms with van der Waals surface area (Å²) in [5.41, 5.74) is 25.1. The first kappa shape index (κ1) is 118. The van der Waals surface area contributed by atoms with E-state index in [2.05, 4.69) is 89.9 Å². The van der Waals surface area contributed by atoms with E-state index in [1.807, 2.05) is 12.1 Å². The van der Waals surface area contributed by atoms with Gasteiger partial charge in [-0.15, -0.1) is 25.7 Å². The van der Waals surface area contributed by atoms with Crippen molar-refractivity contribution in [1.29, 1.82) is 0 Å². The second-order valence-electron chi connectivity index (χ2n) is 33.4. The van der Waals surface area contributed by atoms with Gasteiger partial charge in [0.1, 0.15) is 36.3 Å². The Morgan fingerprint density at radius 1 is 0.357 bits per heavy atom. The van der Waals surface area contributed by atoms with Crippen molar-refractivity contribution in [3.63, 3.8) is 0 Å². The van der Waals surface area contributed by atoms with Gasteiger partial charge in [0, 0.05) is 228 Å². The van der Waals surface area contributed by atoms with Crippen molar-refractivity contribution in [3.8, 4) is 73.1 Å². The molecule has 20 radical (unpaired) electrons. The van der Waals surface area contributed by atoms with E-state index < -0.39 is 169 Å². The lowest BCUT2D eigenvalue weighted by atomic mass is 8.68. The van der Waals surface area contributed by atoms with Crippen molar-refractivity contribution < 1.29 is 91.4 Å². The maximum absolute atomic E-state index is 14.1. The molecule has 716 valence electrons. The molecule has 8 rings (SSSR count). The number of carbonyl (C=O) groups is 16. The van der Waals surface area contributed by atoms with Crippen molar-refractivity contribution in [2.45, 2.75) is 218 Å². The Hall–Kier alpha value is -12.9. The number of amides is 12. The topological polar surface area (TPSA) is 473 Å². The van der Waals surface area contributed by atoms with Crippen LogP contribution in [0.4, 0.5) is 0 Å². The zero-order valence-electron chi connectivity index (χ0n) is 85.7. The number of benzene rings is 4. The summed E-state index contributed by atoms with van der Waals surface area (Å²) in [6, 6.07) is 24.9. The molecule has 2 fully saturated rings. The minimum Gasteiger partial charge on any atom is -0.370 e. The van der Waals surface area contributed by atoms with Crippen molar-refractivity contribution in [1.82, 2.24) is 42.5 Å². The normalized spacial score (nSPS) is 19.3. The van der Waals surface area contributed by atoms with Crippen LogP contribution >= 0.6 is 0 Å². The molecule has 44 heteroatoms. The van der Waals surface area contributed by atoms with Gasteiger partial charge in [-0.3, -0.25) is 76.7 Å². The Balaban J connectivity index is -0.000000510. The number of hydrogen-bond donors (Lipinski definition) is 12. The molecular weight excluding hydrogens is 1750 g/mol. The molecule has 0 spiro atoms. The molecule has 28 nitrogen and oxygen atoms in total. The van der Waals surface area contributed by atoms with Crippen LogP contribution in [0.1, 0.15) is 227 Å². The largest absolute Gasteiger partial charge is 0.370 e. The smallest absolute Gasteiger partial charge is 0.244 e. The summed E-state index contributed by atoms with van der Waals surface area (Å²) < 4.78 is 40.0. The Morgan fingerprint density at radius 2 is 0.643 bits per heavy atom. The lowest BCUT2D eigenvalue weighted by molar-refractivity contribution is -0.134. The van der Waals surface area contributed by atoms with E-state index in [1.54, 1.807) is 97.1 Å². The van der Waals surface area contributed by atoms with Gasteiger partial charge in [0.15, 0.2) is 23.1 Å². The van der Waals surface area contributed by atoms with Crippen molar-refractivity contribution in [2.24, 2.45) is 46.6 Å². The molecule has 140 heavy (non-hydrogen) atoms. The fourth-order valence-corrected chi connectivity index (χ4v) is 14.6. The number of nitrogens with one attached hydrogen (secondary N) is 8. The van der Waals surface area contributed by atoms with Gasteiger partial charge in [-0.25, -0.2) is 0 Å². The summed E-state index contributed by atoms with van der Waals surface area (Å²) in [6.45, 7) is 0.376. The van der Waals surface area contributed by atoms with Crippen LogP contribution in [-0.2, 0) is 80.0 Å². The highest BCUT2D eigenvalue weighted by Crippen LogP contribution is 2.30. The van der Waals surface area contributed by atoms with Crippen LogP contribution in [0.25, 0.3) is 0 Å². The lowest BCUT2D eigenvalue weighted by Gasteiger charge is -2.29. The fourth-order valence-electron chi connectivity index (χ4n) is 14.6. The minimum atomic E-state index is -1.07. The van der Waals surface area contributed by atoms with Gasteiger partial charge in [-0.1, -0.05) is 188 Å². The molecular formula is C96H128B16N12O16. The highest BCUT2D eigenvalue weighted by molar-refractivity contribution is 7.90. The summed E-state index contributed by atoms with van der Waals surface area (Å²) in [5, 5.41) is 22.0. The predicted octanol–water partition coefficient (Wildman–Crippen LogP) is 1.30. The van der Waals surface area contributed by atoms with Crippen LogP contribution in [-0.4, -0.2) is 259 Å². The van der Waals surface area contributed by atoms with Crippen LogP contribution in [0.2, 0.25) is 0 Å². The Morgan fingerprint density at radius 3 is 0.914 bits per heavy atom. The molecule has 0 aromatic heterocycles. The number of allylic oxidation sites excluding steroid dienone is 2. The Labute approximate surface area is 856 Å². The number of ketones is 4.